The second-order valence-electron chi connectivity index (χ2n) is 3.69. The van der Waals surface area contributed by atoms with E-state index in [1.807, 2.05) is 0 Å². The Morgan fingerprint density at radius 1 is 1.64 bits per heavy atom. The molecule has 0 atom stereocenters. The van der Waals surface area contributed by atoms with E-state index >= 15 is 0 Å². The van der Waals surface area contributed by atoms with E-state index in [0.717, 1.165) is 5.12 Å². The Hall–Kier alpha value is -1.37. The molecule has 0 aromatic carbocycles. The summed E-state index contributed by atoms with van der Waals surface area (Å²) in [5.74, 6) is 5.17. The Bertz CT molecular complexity index is 201. The van der Waals surface area contributed by atoms with Crippen LogP contribution in [-0.4, -0.2) is 29.9 Å². The first-order chi connectivity index (χ1) is 6.35. The van der Waals surface area contributed by atoms with Crippen LogP contribution in [0.1, 0.15) is 20.8 Å². The number of carbonyl (C=O) groups is 1. The lowest BCUT2D eigenvalue weighted by molar-refractivity contribution is 0.0521. The molecule has 0 spiro atoms. The van der Waals surface area contributed by atoms with Crippen LogP contribution in [0, 0.1) is 5.53 Å². The topological polar surface area (TPSA) is 104 Å². The number of ether oxygens (including phenoxy) is 1. The molecule has 0 aliphatic carbocycles. The molecule has 0 aromatic heterocycles. The quantitative estimate of drug-likeness (QED) is 0.354. The van der Waals surface area contributed by atoms with Crippen LogP contribution in [-0.2, 0) is 4.74 Å². The van der Waals surface area contributed by atoms with Crippen molar-refractivity contribution in [2.45, 2.75) is 26.4 Å². The summed E-state index contributed by atoms with van der Waals surface area (Å²) in [5, 5.41) is 6.32. The normalized spacial score (nSPS) is 10.6. The molecule has 7 heteroatoms. The molecule has 0 aromatic rings. The number of hydrazine groups is 1. The van der Waals surface area contributed by atoms with Gasteiger partial charge in [-0.05, 0) is 20.8 Å². The summed E-state index contributed by atoms with van der Waals surface area (Å²) < 4.78 is 4.97. The van der Waals surface area contributed by atoms with E-state index in [0.29, 0.717) is 0 Å². The smallest absolute Gasteiger partial charge is 0.407 e. The van der Waals surface area contributed by atoms with Crippen molar-refractivity contribution in [1.82, 2.24) is 10.4 Å². The molecule has 0 unspecified atom stereocenters. The zero-order valence-electron chi connectivity index (χ0n) is 8.70. The van der Waals surface area contributed by atoms with Crippen LogP contribution in [0.2, 0.25) is 0 Å². The first kappa shape index (κ1) is 12.6. The van der Waals surface area contributed by atoms with Gasteiger partial charge in [0.05, 0.1) is 6.54 Å². The lowest BCUT2D eigenvalue weighted by Crippen LogP contribution is -2.38. The van der Waals surface area contributed by atoms with Crippen molar-refractivity contribution in [2.75, 3.05) is 13.1 Å². The van der Waals surface area contributed by atoms with E-state index in [9.17, 15) is 4.79 Å². The zero-order chi connectivity index (χ0) is 11.2. The molecule has 0 saturated carbocycles. The molecule has 1 amide bonds. The average Bonchev–Trinajstić information content (AvgIpc) is 2.00. The molecule has 4 N–H and O–H groups in total. The third-order valence-corrected chi connectivity index (χ3v) is 1.14. The number of nitrogens with two attached hydrogens (primary N) is 1. The van der Waals surface area contributed by atoms with Crippen LogP contribution in [0.3, 0.4) is 0 Å². The molecule has 0 aliphatic heterocycles. The Morgan fingerprint density at radius 2 is 2.21 bits per heavy atom. The van der Waals surface area contributed by atoms with Gasteiger partial charge in [-0.1, -0.05) is 5.22 Å². The molecule has 82 valence electrons. The van der Waals surface area contributed by atoms with E-state index in [1.165, 1.54) is 0 Å². The third kappa shape index (κ3) is 7.29. The van der Waals surface area contributed by atoms with Gasteiger partial charge < -0.3 is 10.1 Å². The van der Waals surface area contributed by atoms with Crippen molar-refractivity contribution < 1.29 is 9.53 Å². The molecule has 0 fully saturated rings. The maximum absolute atomic E-state index is 11.1. The van der Waals surface area contributed by atoms with Crippen molar-refractivity contribution >= 4 is 6.09 Å². The van der Waals surface area contributed by atoms with Crippen LogP contribution < -0.4 is 11.2 Å². The first-order valence-corrected chi connectivity index (χ1v) is 4.21. The van der Waals surface area contributed by atoms with Crippen LogP contribution in [0.4, 0.5) is 4.79 Å². The minimum Gasteiger partial charge on any atom is -0.444 e. The fourth-order valence-electron chi connectivity index (χ4n) is 0.637. The average molecular weight is 203 g/mol. The SMILES string of the molecule is CC(C)(C)OC(=O)NCCN(N)N=N. The van der Waals surface area contributed by atoms with Crippen LogP contribution in [0.25, 0.3) is 0 Å². The summed E-state index contributed by atoms with van der Waals surface area (Å²) in [7, 11) is 0. The molecule has 0 rings (SSSR count). The Labute approximate surface area is 83.0 Å². The largest absolute Gasteiger partial charge is 0.444 e. The molecule has 14 heavy (non-hydrogen) atoms. The number of alkyl carbamates (subject to hydrolysis) is 1. The molecule has 7 nitrogen and oxygen atoms in total. The molecular weight excluding hydrogens is 186 g/mol. The molecule has 0 aliphatic rings. The summed E-state index contributed by atoms with van der Waals surface area (Å²) in [6.07, 6.45) is -0.504. The summed E-state index contributed by atoms with van der Waals surface area (Å²) in [5.41, 5.74) is 6.01. The van der Waals surface area contributed by atoms with Gasteiger partial charge >= 0.3 is 6.09 Å². The highest BCUT2D eigenvalue weighted by Gasteiger charge is 2.15. The Kier molecular flexibility index (Phi) is 4.85. The second-order valence-corrected chi connectivity index (χ2v) is 3.69. The van der Waals surface area contributed by atoms with Crippen molar-refractivity contribution in [3.63, 3.8) is 0 Å². The van der Waals surface area contributed by atoms with Gasteiger partial charge in [0, 0.05) is 6.54 Å². The lowest BCUT2D eigenvalue weighted by Gasteiger charge is -2.20. The fourth-order valence-corrected chi connectivity index (χ4v) is 0.637. The van der Waals surface area contributed by atoms with Gasteiger partial charge in [-0.2, -0.15) is 5.53 Å². The number of hydrogen-bond donors (Lipinski definition) is 3. The molecule has 0 saturated heterocycles. The van der Waals surface area contributed by atoms with Crippen molar-refractivity contribution in [3.8, 4) is 0 Å². The highest BCUT2D eigenvalue weighted by Crippen LogP contribution is 2.05. The van der Waals surface area contributed by atoms with Crippen molar-refractivity contribution in [3.05, 3.63) is 0 Å². The zero-order valence-corrected chi connectivity index (χ0v) is 8.70. The van der Waals surface area contributed by atoms with Gasteiger partial charge in [-0.3, -0.25) is 0 Å². The lowest BCUT2D eigenvalue weighted by atomic mass is 10.2. The first-order valence-electron chi connectivity index (χ1n) is 4.21. The molecule has 0 radical (unpaired) electrons. The monoisotopic (exact) mass is 203 g/mol. The second kappa shape index (κ2) is 5.38. The number of nitrogens with one attached hydrogen (secondary N) is 2. The van der Waals surface area contributed by atoms with Crippen LogP contribution in [0.5, 0.6) is 0 Å². The third-order valence-electron chi connectivity index (χ3n) is 1.14. The van der Waals surface area contributed by atoms with Gasteiger partial charge in [0.1, 0.15) is 5.60 Å². The van der Waals surface area contributed by atoms with Gasteiger partial charge in [-0.15, -0.1) is 0 Å². The predicted molar refractivity (Wildman–Crippen MR) is 50.3 cm³/mol. The number of amides is 1. The minimum atomic E-state index is -0.508. The summed E-state index contributed by atoms with van der Waals surface area (Å²) >= 11 is 0. The maximum atomic E-state index is 11.1. The van der Waals surface area contributed by atoms with E-state index in [2.05, 4.69) is 10.5 Å². The highest BCUT2D eigenvalue weighted by molar-refractivity contribution is 5.67. The van der Waals surface area contributed by atoms with Gasteiger partial charge in [0.2, 0.25) is 0 Å². The fraction of sp³-hybridized carbons (Fsp3) is 0.857. The standard InChI is InChI=1S/C7H17N5O2/c1-7(2,3)14-6(13)10-4-5-12(9)11-8/h8H,4-5,9H2,1-3H3,(H,10,13). The highest BCUT2D eigenvalue weighted by atomic mass is 16.6. The van der Waals surface area contributed by atoms with Gasteiger partial charge in [0.25, 0.3) is 0 Å². The molecule has 0 heterocycles. The predicted octanol–water partition coefficient (Wildman–Crippen LogP) is 0.633. The summed E-state index contributed by atoms with van der Waals surface area (Å²) in [6, 6.07) is 0. The van der Waals surface area contributed by atoms with Crippen LogP contribution in [0.15, 0.2) is 5.22 Å². The Balaban J connectivity index is 3.60. The van der Waals surface area contributed by atoms with Gasteiger partial charge in [0.15, 0.2) is 0 Å². The maximum Gasteiger partial charge on any atom is 0.407 e. The summed E-state index contributed by atoms with van der Waals surface area (Å²) in [6.45, 7) is 5.89. The number of carbonyl (C=O) groups excluding carboxylic acids is 1. The Morgan fingerprint density at radius 3 is 2.64 bits per heavy atom. The number of rotatable bonds is 4. The van der Waals surface area contributed by atoms with E-state index in [1.54, 1.807) is 20.8 Å². The van der Waals surface area contributed by atoms with Crippen LogP contribution >= 0.6 is 0 Å². The van der Waals surface area contributed by atoms with Gasteiger partial charge in [-0.25, -0.2) is 15.8 Å². The number of nitrogens with zero attached hydrogens (tertiary/aromatic N) is 2. The molecular formula is C7H17N5O2. The summed E-state index contributed by atoms with van der Waals surface area (Å²) in [4.78, 5) is 11.1. The number of hydrogen-bond acceptors (Lipinski definition) is 5. The van der Waals surface area contributed by atoms with E-state index in [4.69, 9.17) is 16.1 Å². The van der Waals surface area contributed by atoms with E-state index in [-0.39, 0.29) is 13.1 Å². The van der Waals surface area contributed by atoms with Crippen molar-refractivity contribution in [2.24, 2.45) is 11.1 Å². The minimum absolute atomic E-state index is 0.267. The van der Waals surface area contributed by atoms with E-state index < -0.39 is 11.7 Å². The van der Waals surface area contributed by atoms with Crippen molar-refractivity contribution in [1.29, 1.82) is 5.53 Å². The molecule has 0 bridgehead atoms.